The van der Waals surface area contributed by atoms with E-state index in [0.29, 0.717) is 5.92 Å². The first kappa shape index (κ1) is 34.8. The number of terminal acetylenes is 1. The summed E-state index contributed by atoms with van der Waals surface area (Å²) in [6.07, 6.45) is 9.39. The molecule has 0 saturated carbocycles. The van der Waals surface area contributed by atoms with E-state index < -0.39 is 5.92 Å². The molecule has 2 N–H and O–H groups in total. The lowest BCUT2D eigenvalue weighted by atomic mass is 10.00. The van der Waals surface area contributed by atoms with E-state index in [4.69, 9.17) is 16.3 Å². The average Bonchev–Trinajstić information content (AvgIpc) is 2.76. The van der Waals surface area contributed by atoms with Gasteiger partial charge in [0.25, 0.3) is 0 Å². The van der Waals surface area contributed by atoms with Gasteiger partial charge in [-0.3, -0.25) is 4.79 Å². The summed E-state index contributed by atoms with van der Waals surface area (Å²) in [5.74, 6) is 1.95. The van der Waals surface area contributed by atoms with Crippen molar-refractivity contribution in [3.63, 3.8) is 0 Å². The number of rotatable bonds is 9. The third-order valence-corrected chi connectivity index (χ3v) is 4.48. The number of aliphatic hydroxyl groups is 2. The van der Waals surface area contributed by atoms with Crippen LogP contribution in [0.5, 0.6) is 0 Å². The number of benzene rings is 1. The number of unbranched alkanes of at least 4 members (excludes halogenated alkanes) is 2. The maximum absolute atomic E-state index is 12.0. The number of hydrogen-bond donors (Lipinski definition) is 2. The molecule has 186 valence electrons. The minimum absolute atomic E-state index is 0.0139. The van der Waals surface area contributed by atoms with Gasteiger partial charge in [-0.2, -0.15) is 0 Å². The van der Waals surface area contributed by atoms with Crippen LogP contribution in [0.15, 0.2) is 30.3 Å². The zero-order chi connectivity index (χ0) is 25.5. The molecule has 32 heavy (non-hydrogen) atoms. The Morgan fingerprint density at radius 1 is 1.03 bits per heavy atom. The predicted molar refractivity (Wildman–Crippen MR) is 138 cm³/mol. The lowest BCUT2D eigenvalue weighted by molar-refractivity contribution is -0.151. The van der Waals surface area contributed by atoms with Crippen LogP contribution in [-0.2, 0) is 9.53 Å². The SMILES string of the molecule is C#C[C@H](C)C(C)O.CC.CC(C)CC(C)OC(=O)C(CO)c1ccccc1.CCCCC. The van der Waals surface area contributed by atoms with Gasteiger partial charge in [0.05, 0.1) is 18.8 Å². The highest BCUT2D eigenvalue weighted by atomic mass is 16.5. The number of ether oxygens (including phenoxy) is 1. The van der Waals surface area contributed by atoms with Crippen molar-refractivity contribution in [1.82, 2.24) is 0 Å². The number of carbonyl (C=O) groups is 1. The van der Waals surface area contributed by atoms with Crippen LogP contribution in [0.3, 0.4) is 0 Å². The Kier molecular flexibility index (Phi) is 25.9. The average molecular weight is 451 g/mol. The number of hydrogen-bond acceptors (Lipinski definition) is 4. The molecule has 0 spiro atoms. The number of aliphatic hydroxyl groups excluding tert-OH is 2. The summed E-state index contributed by atoms with van der Waals surface area (Å²) < 4.78 is 5.37. The maximum atomic E-state index is 12.0. The standard InChI is InChI=1S/C15H22O3.C6H10O.C5H12.C2H6/c1-11(2)9-12(3)18-15(17)14(10-16)13-7-5-4-6-8-13;1-4-5(2)6(3)7;1-3-5-4-2;1-2/h4-8,11-12,14,16H,9-10H2,1-3H3;1,5-7H,2-3H3;3-5H2,1-2H3;1-2H3/t;5-,6?;;/m.0../s1. The normalized spacial score (nSPS) is 13.3. The van der Waals surface area contributed by atoms with Gasteiger partial charge in [0.2, 0.25) is 0 Å². The molecule has 1 aromatic carbocycles. The number of esters is 1. The van der Waals surface area contributed by atoms with Crippen LogP contribution >= 0.6 is 0 Å². The van der Waals surface area contributed by atoms with Crippen LogP contribution in [0, 0.1) is 24.2 Å². The second kappa shape index (κ2) is 23.8. The van der Waals surface area contributed by atoms with Gasteiger partial charge in [0.15, 0.2) is 0 Å². The molecule has 4 atom stereocenters. The van der Waals surface area contributed by atoms with Crippen LogP contribution in [0.1, 0.15) is 99.5 Å². The minimum Gasteiger partial charge on any atom is -0.462 e. The molecule has 4 nitrogen and oxygen atoms in total. The van der Waals surface area contributed by atoms with Crippen LogP contribution in [0.2, 0.25) is 0 Å². The highest BCUT2D eigenvalue weighted by Gasteiger charge is 2.23. The summed E-state index contributed by atoms with van der Waals surface area (Å²) in [4.78, 5) is 12.0. The Morgan fingerprint density at radius 3 is 1.81 bits per heavy atom. The molecule has 3 unspecified atom stereocenters. The Bertz CT molecular complexity index is 559. The molecule has 0 saturated heterocycles. The summed E-state index contributed by atoms with van der Waals surface area (Å²) in [5, 5.41) is 18.0. The van der Waals surface area contributed by atoms with E-state index in [9.17, 15) is 9.90 Å². The van der Waals surface area contributed by atoms with Gasteiger partial charge in [-0.15, -0.1) is 12.3 Å². The fraction of sp³-hybridized carbons (Fsp3) is 0.679. The molecule has 0 bridgehead atoms. The van der Waals surface area contributed by atoms with Gasteiger partial charge < -0.3 is 14.9 Å². The van der Waals surface area contributed by atoms with E-state index in [0.717, 1.165) is 12.0 Å². The van der Waals surface area contributed by atoms with Crippen molar-refractivity contribution in [2.24, 2.45) is 11.8 Å². The van der Waals surface area contributed by atoms with Crippen molar-refractivity contribution in [2.75, 3.05) is 6.61 Å². The summed E-state index contributed by atoms with van der Waals surface area (Å²) in [6, 6.07) is 9.24. The maximum Gasteiger partial charge on any atom is 0.316 e. The van der Waals surface area contributed by atoms with Gasteiger partial charge >= 0.3 is 5.97 Å². The van der Waals surface area contributed by atoms with E-state index in [2.05, 4.69) is 33.6 Å². The first-order chi connectivity index (χ1) is 15.1. The highest BCUT2D eigenvalue weighted by molar-refractivity contribution is 5.78. The molecule has 0 heterocycles. The molecule has 4 heteroatoms. The Morgan fingerprint density at radius 2 is 1.53 bits per heavy atom. The Hall–Kier alpha value is -1.83. The molecule has 0 aliphatic carbocycles. The molecule has 0 fully saturated rings. The first-order valence-electron chi connectivity index (χ1n) is 12.1. The van der Waals surface area contributed by atoms with Crippen molar-refractivity contribution in [2.45, 2.75) is 106 Å². The molecule has 0 amide bonds. The van der Waals surface area contributed by atoms with Crippen LogP contribution < -0.4 is 0 Å². The summed E-state index contributed by atoms with van der Waals surface area (Å²) >= 11 is 0. The minimum atomic E-state index is -0.583. The number of carbonyl (C=O) groups excluding carboxylic acids is 1. The van der Waals surface area contributed by atoms with Crippen LogP contribution in [0.4, 0.5) is 0 Å². The second-order valence-electron chi connectivity index (χ2n) is 8.07. The third kappa shape index (κ3) is 20.1. The predicted octanol–water partition coefficient (Wildman–Crippen LogP) is 6.60. The molecule has 0 aromatic heterocycles. The van der Waals surface area contributed by atoms with Gasteiger partial charge in [-0.1, -0.05) is 91.1 Å². The van der Waals surface area contributed by atoms with E-state index in [1.54, 1.807) is 6.92 Å². The molecule has 0 radical (unpaired) electrons. The van der Waals surface area contributed by atoms with E-state index >= 15 is 0 Å². The quantitative estimate of drug-likeness (QED) is 0.328. The lowest BCUT2D eigenvalue weighted by Gasteiger charge is -2.19. The van der Waals surface area contributed by atoms with Crippen molar-refractivity contribution in [3.8, 4) is 12.3 Å². The molecule has 0 aliphatic heterocycles. The molecular weight excluding hydrogens is 400 g/mol. The zero-order valence-corrected chi connectivity index (χ0v) is 22.1. The Labute approximate surface area is 198 Å². The van der Waals surface area contributed by atoms with Gasteiger partial charge in [0, 0.05) is 5.92 Å². The van der Waals surface area contributed by atoms with Crippen LogP contribution in [0.25, 0.3) is 0 Å². The molecular formula is C28H50O4. The molecule has 1 rings (SSSR count). The highest BCUT2D eigenvalue weighted by Crippen LogP contribution is 2.18. The van der Waals surface area contributed by atoms with Gasteiger partial charge in [0.1, 0.15) is 5.92 Å². The van der Waals surface area contributed by atoms with Crippen molar-refractivity contribution in [1.29, 1.82) is 0 Å². The van der Waals surface area contributed by atoms with Gasteiger partial charge in [-0.25, -0.2) is 0 Å². The topological polar surface area (TPSA) is 66.8 Å². The monoisotopic (exact) mass is 450 g/mol. The largest absolute Gasteiger partial charge is 0.462 e. The van der Waals surface area contributed by atoms with Crippen molar-refractivity contribution >= 4 is 5.97 Å². The lowest BCUT2D eigenvalue weighted by Crippen LogP contribution is -2.24. The first-order valence-corrected chi connectivity index (χ1v) is 12.1. The summed E-state index contributed by atoms with van der Waals surface area (Å²) in [7, 11) is 0. The smallest absolute Gasteiger partial charge is 0.316 e. The fourth-order valence-electron chi connectivity index (χ4n) is 2.49. The van der Waals surface area contributed by atoms with Crippen molar-refractivity contribution in [3.05, 3.63) is 35.9 Å². The molecule has 0 aliphatic rings. The van der Waals surface area contributed by atoms with E-state index in [1.165, 1.54) is 19.3 Å². The van der Waals surface area contributed by atoms with Crippen LogP contribution in [-0.4, -0.2) is 35.0 Å². The fourth-order valence-corrected chi connectivity index (χ4v) is 2.49. The second-order valence-corrected chi connectivity index (χ2v) is 8.07. The van der Waals surface area contributed by atoms with E-state index in [-0.39, 0.29) is 30.7 Å². The zero-order valence-electron chi connectivity index (χ0n) is 22.1. The van der Waals surface area contributed by atoms with Gasteiger partial charge in [-0.05, 0) is 38.7 Å². The summed E-state index contributed by atoms with van der Waals surface area (Å²) in [5.41, 5.74) is 0.793. The van der Waals surface area contributed by atoms with E-state index in [1.807, 2.05) is 58.0 Å². The Balaban J connectivity index is -0.000000495. The van der Waals surface area contributed by atoms with Crippen molar-refractivity contribution < 1.29 is 19.7 Å². The third-order valence-electron chi connectivity index (χ3n) is 4.48. The summed E-state index contributed by atoms with van der Waals surface area (Å²) in [6.45, 7) is 17.8. The molecule has 1 aromatic rings.